The monoisotopic (exact) mass is 266 g/mol. The lowest BCUT2D eigenvalue weighted by Gasteiger charge is -2.49. The summed E-state index contributed by atoms with van der Waals surface area (Å²) in [6.45, 7) is 9.69. The lowest BCUT2D eigenvalue weighted by Crippen LogP contribution is -2.58. The molecule has 2 fully saturated rings. The second kappa shape index (κ2) is 6.58. The van der Waals surface area contributed by atoms with E-state index in [0.29, 0.717) is 11.5 Å². The van der Waals surface area contributed by atoms with Gasteiger partial charge in [-0.3, -0.25) is 0 Å². The second-order valence-electron chi connectivity index (χ2n) is 7.62. The van der Waals surface area contributed by atoms with Gasteiger partial charge in [0, 0.05) is 18.6 Å². The first kappa shape index (κ1) is 15.3. The zero-order valence-electron chi connectivity index (χ0n) is 13.5. The number of rotatable bonds is 6. The Labute approximate surface area is 120 Å². The molecule has 0 aromatic rings. The van der Waals surface area contributed by atoms with Crippen LogP contribution in [0.5, 0.6) is 0 Å². The maximum Gasteiger partial charge on any atom is 0.0274 e. The average Bonchev–Trinajstić information content (AvgIpc) is 2.31. The Morgan fingerprint density at radius 2 is 1.89 bits per heavy atom. The van der Waals surface area contributed by atoms with Crippen LogP contribution in [-0.2, 0) is 0 Å². The standard InChI is InChI=1S/C17H34N2/c1-5-12-18-16-15(10-7-11-17(16,2)3)19(4)13-14-8-6-9-14/h14-16,18H,5-13H2,1-4H3. The average molecular weight is 266 g/mol. The molecule has 0 aliphatic heterocycles. The zero-order valence-corrected chi connectivity index (χ0v) is 13.5. The van der Waals surface area contributed by atoms with E-state index in [4.69, 9.17) is 0 Å². The van der Waals surface area contributed by atoms with E-state index in [2.05, 4.69) is 38.0 Å². The number of hydrogen-bond acceptors (Lipinski definition) is 2. The first-order valence-corrected chi connectivity index (χ1v) is 8.48. The first-order valence-electron chi connectivity index (χ1n) is 8.48. The van der Waals surface area contributed by atoms with Crippen molar-refractivity contribution in [1.29, 1.82) is 0 Å². The van der Waals surface area contributed by atoms with Gasteiger partial charge in [0.05, 0.1) is 0 Å². The van der Waals surface area contributed by atoms with Gasteiger partial charge in [-0.15, -0.1) is 0 Å². The van der Waals surface area contributed by atoms with Crippen molar-refractivity contribution in [2.45, 2.75) is 77.8 Å². The normalized spacial score (nSPS) is 31.4. The molecule has 2 unspecified atom stereocenters. The summed E-state index contributed by atoms with van der Waals surface area (Å²) in [7, 11) is 2.37. The molecule has 2 heteroatoms. The van der Waals surface area contributed by atoms with E-state index in [1.165, 1.54) is 58.0 Å². The molecule has 19 heavy (non-hydrogen) atoms. The molecule has 2 atom stereocenters. The number of hydrogen-bond donors (Lipinski definition) is 1. The van der Waals surface area contributed by atoms with Crippen molar-refractivity contribution < 1.29 is 0 Å². The zero-order chi connectivity index (χ0) is 13.9. The fraction of sp³-hybridized carbons (Fsp3) is 1.00. The highest BCUT2D eigenvalue weighted by Gasteiger charge is 2.40. The van der Waals surface area contributed by atoms with Gasteiger partial charge in [0.25, 0.3) is 0 Å². The third kappa shape index (κ3) is 3.72. The fourth-order valence-electron chi connectivity index (χ4n) is 4.01. The molecule has 0 amide bonds. The van der Waals surface area contributed by atoms with Crippen LogP contribution in [0.4, 0.5) is 0 Å². The maximum absolute atomic E-state index is 3.86. The van der Waals surface area contributed by atoms with Crippen molar-refractivity contribution in [3.05, 3.63) is 0 Å². The Bertz CT molecular complexity index is 270. The van der Waals surface area contributed by atoms with Crippen molar-refractivity contribution in [3.63, 3.8) is 0 Å². The van der Waals surface area contributed by atoms with Gasteiger partial charge in [-0.2, -0.15) is 0 Å². The van der Waals surface area contributed by atoms with Gasteiger partial charge in [0.15, 0.2) is 0 Å². The summed E-state index contributed by atoms with van der Waals surface area (Å²) in [6.07, 6.45) is 9.80. The van der Waals surface area contributed by atoms with Gasteiger partial charge in [-0.25, -0.2) is 0 Å². The van der Waals surface area contributed by atoms with E-state index in [1.54, 1.807) is 0 Å². The Kier molecular flexibility index (Phi) is 5.30. The van der Waals surface area contributed by atoms with Crippen LogP contribution >= 0.6 is 0 Å². The van der Waals surface area contributed by atoms with E-state index < -0.39 is 0 Å². The summed E-state index contributed by atoms with van der Waals surface area (Å²) in [4.78, 5) is 2.68. The van der Waals surface area contributed by atoms with Crippen LogP contribution < -0.4 is 5.32 Å². The highest BCUT2D eigenvalue weighted by molar-refractivity contribution is 4.98. The molecule has 2 aliphatic carbocycles. The minimum atomic E-state index is 0.450. The van der Waals surface area contributed by atoms with Gasteiger partial charge < -0.3 is 10.2 Å². The van der Waals surface area contributed by atoms with E-state index in [0.717, 1.165) is 12.0 Å². The summed E-state index contributed by atoms with van der Waals surface area (Å²) in [5, 5.41) is 3.86. The van der Waals surface area contributed by atoms with Gasteiger partial charge in [-0.1, -0.05) is 33.6 Å². The van der Waals surface area contributed by atoms with Crippen molar-refractivity contribution >= 4 is 0 Å². The Balaban J connectivity index is 1.97. The van der Waals surface area contributed by atoms with E-state index in [-0.39, 0.29) is 0 Å². The molecular formula is C17H34N2. The maximum atomic E-state index is 3.86. The molecule has 0 saturated heterocycles. The fourth-order valence-corrected chi connectivity index (χ4v) is 4.01. The first-order chi connectivity index (χ1) is 9.04. The predicted molar refractivity (Wildman–Crippen MR) is 83.5 cm³/mol. The topological polar surface area (TPSA) is 15.3 Å². The Morgan fingerprint density at radius 1 is 1.16 bits per heavy atom. The molecular weight excluding hydrogens is 232 g/mol. The van der Waals surface area contributed by atoms with Crippen molar-refractivity contribution in [3.8, 4) is 0 Å². The molecule has 0 aromatic carbocycles. The number of nitrogens with zero attached hydrogens (tertiary/aromatic N) is 1. The molecule has 2 rings (SSSR count). The molecule has 2 saturated carbocycles. The Hall–Kier alpha value is -0.0800. The number of likely N-dealkylation sites (N-methyl/N-ethyl adjacent to an activating group) is 1. The SMILES string of the molecule is CCCNC1C(N(C)CC2CCC2)CCCC1(C)C. The molecule has 0 aromatic heterocycles. The van der Waals surface area contributed by atoms with Crippen LogP contribution in [0.15, 0.2) is 0 Å². The molecule has 0 radical (unpaired) electrons. The quantitative estimate of drug-likeness (QED) is 0.789. The third-order valence-electron chi connectivity index (χ3n) is 5.50. The number of nitrogens with one attached hydrogen (secondary N) is 1. The molecule has 0 bridgehead atoms. The lowest BCUT2D eigenvalue weighted by atomic mass is 9.70. The Morgan fingerprint density at radius 3 is 2.47 bits per heavy atom. The van der Waals surface area contributed by atoms with Crippen molar-refractivity contribution in [2.24, 2.45) is 11.3 Å². The highest BCUT2D eigenvalue weighted by Crippen LogP contribution is 2.38. The minimum absolute atomic E-state index is 0.450. The summed E-state index contributed by atoms with van der Waals surface area (Å²) in [5.41, 5.74) is 0.450. The van der Waals surface area contributed by atoms with Crippen molar-refractivity contribution in [2.75, 3.05) is 20.1 Å². The lowest BCUT2D eigenvalue weighted by molar-refractivity contribution is 0.0465. The second-order valence-corrected chi connectivity index (χ2v) is 7.62. The molecule has 2 nitrogen and oxygen atoms in total. The minimum Gasteiger partial charge on any atom is -0.312 e. The molecule has 0 heterocycles. The third-order valence-corrected chi connectivity index (χ3v) is 5.50. The van der Waals surface area contributed by atoms with Gasteiger partial charge >= 0.3 is 0 Å². The van der Waals surface area contributed by atoms with E-state index >= 15 is 0 Å². The molecule has 0 spiro atoms. The summed E-state index contributed by atoms with van der Waals surface area (Å²) >= 11 is 0. The molecule has 112 valence electrons. The van der Waals surface area contributed by atoms with Crippen LogP contribution in [0.1, 0.15) is 65.7 Å². The van der Waals surface area contributed by atoms with Gasteiger partial charge in [0.1, 0.15) is 0 Å². The highest BCUT2D eigenvalue weighted by atomic mass is 15.2. The van der Waals surface area contributed by atoms with E-state index in [9.17, 15) is 0 Å². The van der Waals surface area contributed by atoms with Crippen LogP contribution in [0.25, 0.3) is 0 Å². The van der Waals surface area contributed by atoms with Crippen LogP contribution in [0.3, 0.4) is 0 Å². The summed E-state index contributed by atoms with van der Waals surface area (Å²) in [6, 6.07) is 1.42. The van der Waals surface area contributed by atoms with Crippen LogP contribution in [0, 0.1) is 11.3 Å². The summed E-state index contributed by atoms with van der Waals surface area (Å²) < 4.78 is 0. The molecule has 2 aliphatic rings. The summed E-state index contributed by atoms with van der Waals surface area (Å²) in [5.74, 6) is 0.988. The van der Waals surface area contributed by atoms with Crippen LogP contribution in [-0.4, -0.2) is 37.1 Å². The van der Waals surface area contributed by atoms with Gasteiger partial charge in [0.2, 0.25) is 0 Å². The van der Waals surface area contributed by atoms with Gasteiger partial charge in [-0.05, 0) is 57.0 Å². The molecule has 1 N–H and O–H groups in total. The largest absolute Gasteiger partial charge is 0.312 e. The smallest absolute Gasteiger partial charge is 0.0274 e. The predicted octanol–water partition coefficient (Wildman–Crippen LogP) is 3.67. The van der Waals surface area contributed by atoms with Crippen molar-refractivity contribution in [1.82, 2.24) is 10.2 Å². The van der Waals surface area contributed by atoms with Crippen LogP contribution in [0.2, 0.25) is 0 Å². The van der Waals surface area contributed by atoms with E-state index in [1.807, 2.05) is 0 Å².